The molecular weight excluding hydrogens is 226 g/mol. The van der Waals surface area contributed by atoms with E-state index in [0.29, 0.717) is 5.41 Å². The van der Waals surface area contributed by atoms with Gasteiger partial charge in [-0.25, -0.2) is 0 Å². The van der Waals surface area contributed by atoms with E-state index in [2.05, 4.69) is 11.0 Å². The number of hydrogen-bond donors (Lipinski definition) is 1. The van der Waals surface area contributed by atoms with E-state index in [1.807, 2.05) is 18.2 Å². The monoisotopic (exact) mass is 245 g/mol. The Kier molecular flexibility index (Phi) is 2.77. The van der Waals surface area contributed by atoms with Gasteiger partial charge in [-0.15, -0.1) is 0 Å². The molecule has 3 nitrogen and oxygen atoms in total. The van der Waals surface area contributed by atoms with Crippen LogP contribution in [0.2, 0.25) is 0 Å². The largest absolute Gasteiger partial charge is 0.481 e. The number of para-hydroxylation sites is 1. The highest BCUT2D eigenvalue weighted by atomic mass is 16.4. The van der Waals surface area contributed by atoms with Gasteiger partial charge in [0.25, 0.3) is 0 Å². The average molecular weight is 245 g/mol. The molecular formula is C15H19NO2. The van der Waals surface area contributed by atoms with E-state index in [1.54, 1.807) is 0 Å². The van der Waals surface area contributed by atoms with Crippen LogP contribution < -0.4 is 4.90 Å². The van der Waals surface area contributed by atoms with Crippen molar-refractivity contribution in [3.8, 4) is 0 Å². The summed E-state index contributed by atoms with van der Waals surface area (Å²) in [5.41, 5.74) is 2.62. The Morgan fingerprint density at radius 1 is 1.22 bits per heavy atom. The van der Waals surface area contributed by atoms with Crippen LogP contribution in [0.5, 0.6) is 0 Å². The van der Waals surface area contributed by atoms with Crippen LogP contribution in [0.15, 0.2) is 24.3 Å². The van der Waals surface area contributed by atoms with E-state index in [0.717, 1.165) is 24.3 Å². The summed E-state index contributed by atoms with van der Waals surface area (Å²) in [5.74, 6) is -0.751. The molecule has 1 heterocycles. The molecule has 0 bridgehead atoms. The highest BCUT2D eigenvalue weighted by Gasteiger charge is 2.45. The second-order valence-electron chi connectivity index (χ2n) is 5.76. The van der Waals surface area contributed by atoms with Gasteiger partial charge in [0.15, 0.2) is 0 Å². The maximum atomic E-state index is 10.9. The van der Waals surface area contributed by atoms with E-state index in [4.69, 9.17) is 5.11 Å². The van der Waals surface area contributed by atoms with Gasteiger partial charge < -0.3 is 10.0 Å². The summed E-state index contributed by atoms with van der Waals surface area (Å²) < 4.78 is 0. The van der Waals surface area contributed by atoms with Crippen molar-refractivity contribution >= 4 is 11.7 Å². The molecule has 0 aromatic heterocycles. The summed E-state index contributed by atoms with van der Waals surface area (Å²) in [7, 11) is 0. The third-order valence-corrected chi connectivity index (χ3v) is 4.39. The van der Waals surface area contributed by atoms with Crippen LogP contribution >= 0.6 is 0 Å². The molecule has 1 aliphatic carbocycles. The van der Waals surface area contributed by atoms with Gasteiger partial charge in [-0.05, 0) is 24.5 Å². The third-order valence-electron chi connectivity index (χ3n) is 4.39. The van der Waals surface area contributed by atoms with E-state index < -0.39 is 5.97 Å². The van der Waals surface area contributed by atoms with Gasteiger partial charge in [0, 0.05) is 24.2 Å². The molecule has 1 spiro atoms. The lowest BCUT2D eigenvalue weighted by Crippen LogP contribution is -2.55. The number of carboxylic acids is 1. The first kappa shape index (κ1) is 11.6. The smallest absolute Gasteiger partial charge is 0.307 e. The predicted molar refractivity (Wildman–Crippen MR) is 70.9 cm³/mol. The van der Waals surface area contributed by atoms with Crippen molar-refractivity contribution in [3.63, 3.8) is 0 Å². The Morgan fingerprint density at radius 3 is 2.56 bits per heavy atom. The van der Waals surface area contributed by atoms with Crippen LogP contribution in [0.3, 0.4) is 0 Å². The van der Waals surface area contributed by atoms with E-state index in [1.165, 1.54) is 25.7 Å². The van der Waals surface area contributed by atoms with Gasteiger partial charge >= 0.3 is 5.97 Å². The highest BCUT2D eigenvalue weighted by molar-refractivity contribution is 5.74. The number of aliphatic carboxylic acids is 1. The summed E-state index contributed by atoms with van der Waals surface area (Å²) in [6.07, 6.45) is 5.56. The summed E-state index contributed by atoms with van der Waals surface area (Å²) in [5, 5.41) is 8.95. The molecule has 1 aromatic carbocycles. The molecule has 18 heavy (non-hydrogen) atoms. The van der Waals surface area contributed by atoms with E-state index in [-0.39, 0.29) is 6.42 Å². The Morgan fingerprint density at radius 2 is 1.89 bits per heavy atom. The van der Waals surface area contributed by atoms with Crippen molar-refractivity contribution in [3.05, 3.63) is 29.8 Å². The standard InChI is InChI=1S/C15H19NO2/c17-14(18)9-12-5-1-2-6-13(12)16-10-15(11-16)7-3-4-8-15/h1-2,5-6H,3-4,7-11H2,(H,17,18). The summed E-state index contributed by atoms with van der Waals surface area (Å²) >= 11 is 0. The summed E-state index contributed by atoms with van der Waals surface area (Å²) in [4.78, 5) is 13.2. The first-order valence-electron chi connectivity index (χ1n) is 6.73. The van der Waals surface area contributed by atoms with Crippen molar-refractivity contribution < 1.29 is 9.90 Å². The molecule has 3 rings (SSSR count). The zero-order valence-corrected chi connectivity index (χ0v) is 10.6. The van der Waals surface area contributed by atoms with E-state index >= 15 is 0 Å². The Hall–Kier alpha value is -1.51. The fraction of sp³-hybridized carbons (Fsp3) is 0.533. The average Bonchev–Trinajstić information content (AvgIpc) is 2.76. The predicted octanol–water partition coefficient (Wildman–Crippen LogP) is 2.69. The van der Waals surface area contributed by atoms with Crippen molar-refractivity contribution in [2.75, 3.05) is 18.0 Å². The normalized spacial score (nSPS) is 21.0. The van der Waals surface area contributed by atoms with Gasteiger partial charge in [0.2, 0.25) is 0 Å². The molecule has 0 amide bonds. The quantitative estimate of drug-likeness (QED) is 0.890. The van der Waals surface area contributed by atoms with Crippen LogP contribution in [0.1, 0.15) is 31.2 Å². The Labute approximate surface area is 107 Å². The number of hydrogen-bond acceptors (Lipinski definition) is 2. The lowest BCUT2D eigenvalue weighted by molar-refractivity contribution is -0.136. The molecule has 96 valence electrons. The number of benzene rings is 1. The molecule has 1 aliphatic heterocycles. The van der Waals surface area contributed by atoms with Crippen LogP contribution in [0.4, 0.5) is 5.69 Å². The third kappa shape index (κ3) is 1.98. The highest BCUT2D eigenvalue weighted by Crippen LogP contribution is 2.47. The number of carbonyl (C=O) groups is 1. The molecule has 1 aromatic rings. The lowest BCUT2D eigenvalue weighted by atomic mass is 9.77. The SMILES string of the molecule is O=C(O)Cc1ccccc1N1CC2(CCCC2)C1. The first-order chi connectivity index (χ1) is 8.69. The maximum absolute atomic E-state index is 10.9. The molecule has 1 saturated carbocycles. The Bertz CT molecular complexity index is 455. The molecule has 3 heteroatoms. The second-order valence-corrected chi connectivity index (χ2v) is 5.76. The van der Waals surface area contributed by atoms with Crippen LogP contribution in [0.25, 0.3) is 0 Å². The molecule has 0 atom stereocenters. The fourth-order valence-corrected chi connectivity index (χ4v) is 3.51. The van der Waals surface area contributed by atoms with Gasteiger partial charge in [0.05, 0.1) is 6.42 Å². The molecule has 0 radical (unpaired) electrons. The maximum Gasteiger partial charge on any atom is 0.307 e. The minimum Gasteiger partial charge on any atom is -0.481 e. The minimum absolute atomic E-state index is 0.125. The zero-order valence-electron chi connectivity index (χ0n) is 10.6. The van der Waals surface area contributed by atoms with E-state index in [9.17, 15) is 4.79 Å². The second kappa shape index (κ2) is 4.30. The molecule has 2 aliphatic rings. The van der Waals surface area contributed by atoms with Crippen molar-refractivity contribution in [1.29, 1.82) is 0 Å². The fourth-order valence-electron chi connectivity index (χ4n) is 3.51. The molecule has 2 fully saturated rings. The van der Waals surface area contributed by atoms with Crippen molar-refractivity contribution in [1.82, 2.24) is 0 Å². The molecule has 1 N–H and O–H groups in total. The van der Waals surface area contributed by atoms with Gasteiger partial charge in [-0.3, -0.25) is 4.79 Å². The summed E-state index contributed by atoms with van der Waals surface area (Å²) in [6.45, 7) is 2.23. The minimum atomic E-state index is -0.751. The first-order valence-corrected chi connectivity index (χ1v) is 6.73. The topological polar surface area (TPSA) is 40.5 Å². The number of nitrogens with zero attached hydrogens (tertiary/aromatic N) is 1. The number of carboxylic acid groups (broad SMARTS) is 1. The van der Waals surface area contributed by atoms with Gasteiger partial charge in [0.1, 0.15) is 0 Å². The zero-order chi connectivity index (χ0) is 12.6. The van der Waals surface area contributed by atoms with Crippen molar-refractivity contribution in [2.24, 2.45) is 5.41 Å². The van der Waals surface area contributed by atoms with Gasteiger partial charge in [-0.2, -0.15) is 0 Å². The Balaban J connectivity index is 1.75. The van der Waals surface area contributed by atoms with Gasteiger partial charge in [-0.1, -0.05) is 31.0 Å². The number of anilines is 1. The lowest BCUT2D eigenvalue weighted by Gasteiger charge is -2.50. The van der Waals surface area contributed by atoms with Crippen LogP contribution in [-0.2, 0) is 11.2 Å². The van der Waals surface area contributed by atoms with Crippen LogP contribution in [-0.4, -0.2) is 24.2 Å². The van der Waals surface area contributed by atoms with Crippen LogP contribution in [0, 0.1) is 5.41 Å². The number of rotatable bonds is 3. The summed E-state index contributed by atoms with van der Waals surface area (Å²) in [6, 6.07) is 7.91. The molecule has 1 saturated heterocycles. The van der Waals surface area contributed by atoms with Crippen molar-refractivity contribution in [2.45, 2.75) is 32.1 Å². The molecule has 0 unspecified atom stereocenters.